The Morgan fingerprint density at radius 1 is 0.467 bits per heavy atom. The van der Waals surface area contributed by atoms with E-state index in [1.807, 2.05) is 60.7 Å². The lowest BCUT2D eigenvalue weighted by molar-refractivity contribution is 1.35. The monoisotopic (exact) mass is 425 g/mol. The summed E-state index contributed by atoms with van der Waals surface area (Å²) in [6, 6.07) is 34.5. The zero-order valence-corrected chi connectivity index (χ0v) is 17.5. The van der Waals surface area contributed by atoms with Crippen LogP contribution in [-0.2, 0) is 0 Å². The molecule has 0 aliphatic heterocycles. The number of aromatic nitrogens is 1. The Bertz CT molecular complexity index is 1350. The van der Waals surface area contributed by atoms with Gasteiger partial charge in [0.1, 0.15) is 0 Å². The molecular formula is C27H17Cl2N. The standard InChI is InChI=1S/C27H17Cl2N/c28-21-13-7-12-20(16-21)26-24-17-22(29)14-15-23(24)25(18-8-3-1-4-9-18)27(30-26)19-10-5-2-6-11-19/h1-17H. The van der Waals surface area contributed by atoms with Gasteiger partial charge in [-0.05, 0) is 35.2 Å². The van der Waals surface area contributed by atoms with Gasteiger partial charge in [0.05, 0.1) is 11.4 Å². The minimum atomic E-state index is 0.679. The first kappa shape index (κ1) is 18.9. The maximum absolute atomic E-state index is 6.41. The van der Waals surface area contributed by atoms with Gasteiger partial charge in [0, 0.05) is 32.1 Å². The lowest BCUT2D eigenvalue weighted by Gasteiger charge is -2.17. The van der Waals surface area contributed by atoms with Crippen LogP contribution in [0.5, 0.6) is 0 Å². The van der Waals surface area contributed by atoms with Crippen molar-refractivity contribution in [1.29, 1.82) is 0 Å². The number of hydrogen-bond acceptors (Lipinski definition) is 1. The molecule has 0 bridgehead atoms. The fourth-order valence-electron chi connectivity index (χ4n) is 3.84. The van der Waals surface area contributed by atoms with Crippen molar-refractivity contribution < 1.29 is 0 Å². The third-order valence-corrected chi connectivity index (χ3v) is 5.64. The maximum atomic E-state index is 6.41. The Hall–Kier alpha value is -3.13. The second-order valence-electron chi connectivity index (χ2n) is 7.12. The minimum absolute atomic E-state index is 0.679. The topological polar surface area (TPSA) is 12.9 Å². The highest BCUT2D eigenvalue weighted by atomic mass is 35.5. The fraction of sp³-hybridized carbons (Fsp3) is 0. The molecule has 5 aromatic rings. The number of fused-ring (bicyclic) bond motifs is 1. The first-order valence-electron chi connectivity index (χ1n) is 9.71. The smallest absolute Gasteiger partial charge is 0.0794 e. The molecule has 0 radical (unpaired) electrons. The molecule has 1 nitrogen and oxygen atoms in total. The summed E-state index contributed by atoms with van der Waals surface area (Å²) in [4.78, 5) is 5.18. The van der Waals surface area contributed by atoms with E-state index in [2.05, 4.69) is 42.5 Å². The quantitative estimate of drug-likeness (QED) is 0.282. The molecule has 30 heavy (non-hydrogen) atoms. The third-order valence-electron chi connectivity index (χ3n) is 5.17. The van der Waals surface area contributed by atoms with Crippen molar-refractivity contribution in [2.24, 2.45) is 0 Å². The molecule has 0 unspecified atom stereocenters. The number of nitrogens with zero attached hydrogens (tertiary/aromatic N) is 1. The van der Waals surface area contributed by atoms with Gasteiger partial charge in [-0.3, -0.25) is 0 Å². The van der Waals surface area contributed by atoms with Gasteiger partial charge in [0.2, 0.25) is 0 Å². The van der Waals surface area contributed by atoms with Crippen LogP contribution in [-0.4, -0.2) is 4.98 Å². The summed E-state index contributed by atoms with van der Waals surface area (Å²) in [5.41, 5.74) is 6.05. The molecule has 0 aliphatic rings. The summed E-state index contributed by atoms with van der Waals surface area (Å²) in [7, 11) is 0. The second kappa shape index (κ2) is 7.95. The molecule has 0 fully saturated rings. The highest BCUT2D eigenvalue weighted by Crippen LogP contribution is 2.41. The van der Waals surface area contributed by atoms with Crippen molar-refractivity contribution in [3.63, 3.8) is 0 Å². The van der Waals surface area contributed by atoms with Gasteiger partial charge < -0.3 is 0 Å². The fourth-order valence-corrected chi connectivity index (χ4v) is 4.21. The zero-order valence-electron chi connectivity index (χ0n) is 16.0. The number of hydrogen-bond donors (Lipinski definition) is 0. The van der Waals surface area contributed by atoms with E-state index in [1.165, 1.54) is 0 Å². The largest absolute Gasteiger partial charge is 0.246 e. The van der Waals surface area contributed by atoms with E-state index in [0.717, 1.165) is 44.4 Å². The molecule has 0 N–H and O–H groups in total. The van der Waals surface area contributed by atoms with Crippen LogP contribution in [0.2, 0.25) is 10.0 Å². The Morgan fingerprint density at radius 2 is 1.10 bits per heavy atom. The van der Waals surface area contributed by atoms with Crippen LogP contribution < -0.4 is 0 Å². The molecule has 0 aliphatic carbocycles. The van der Waals surface area contributed by atoms with Crippen molar-refractivity contribution in [1.82, 2.24) is 4.98 Å². The van der Waals surface area contributed by atoms with Crippen molar-refractivity contribution in [2.75, 3.05) is 0 Å². The first-order valence-corrected chi connectivity index (χ1v) is 10.5. The van der Waals surface area contributed by atoms with Crippen LogP contribution in [0, 0.1) is 0 Å². The number of halogens is 2. The average Bonchev–Trinajstić information content (AvgIpc) is 2.79. The summed E-state index contributed by atoms with van der Waals surface area (Å²) in [5.74, 6) is 0. The lowest BCUT2D eigenvalue weighted by atomic mass is 9.91. The molecule has 0 saturated carbocycles. The van der Waals surface area contributed by atoms with Crippen molar-refractivity contribution in [3.05, 3.63) is 113 Å². The van der Waals surface area contributed by atoms with E-state index < -0.39 is 0 Å². The molecular weight excluding hydrogens is 409 g/mol. The number of benzene rings is 4. The van der Waals surface area contributed by atoms with Crippen molar-refractivity contribution in [3.8, 4) is 33.6 Å². The molecule has 144 valence electrons. The lowest BCUT2D eigenvalue weighted by Crippen LogP contribution is -1.96. The molecule has 4 aromatic carbocycles. The third kappa shape index (κ3) is 3.47. The minimum Gasteiger partial charge on any atom is -0.246 e. The highest BCUT2D eigenvalue weighted by Gasteiger charge is 2.18. The van der Waals surface area contributed by atoms with E-state index in [4.69, 9.17) is 28.2 Å². The number of pyridine rings is 1. The highest BCUT2D eigenvalue weighted by molar-refractivity contribution is 6.32. The molecule has 1 heterocycles. The van der Waals surface area contributed by atoms with Crippen LogP contribution in [0.15, 0.2) is 103 Å². The van der Waals surface area contributed by atoms with Crippen molar-refractivity contribution >= 4 is 34.0 Å². The van der Waals surface area contributed by atoms with E-state index in [9.17, 15) is 0 Å². The van der Waals surface area contributed by atoms with Crippen molar-refractivity contribution in [2.45, 2.75) is 0 Å². The van der Waals surface area contributed by atoms with Crippen LogP contribution in [0.1, 0.15) is 0 Å². The number of rotatable bonds is 3. The summed E-state index contributed by atoms with van der Waals surface area (Å²) in [6.45, 7) is 0. The summed E-state index contributed by atoms with van der Waals surface area (Å²) >= 11 is 12.7. The second-order valence-corrected chi connectivity index (χ2v) is 7.99. The predicted molar refractivity (Wildman–Crippen MR) is 128 cm³/mol. The molecule has 1 aromatic heterocycles. The van der Waals surface area contributed by atoms with Crippen LogP contribution in [0.25, 0.3) is 44.4 Å². The van der Waals surface area contributed by atoms with Gasteiger partial charge >= 0.3 is 0 Å². The SMILES string of the molecule is Clc1cccc(-c2nc(-c3ccccc3)c(-c3ccccc3)c3ccc(Cl)cc23)c1. The molecule has 0 atom stereocenters. The van der Waals surface area contributed by atoms with Crippen LogP contribution >= 0.6 is 23.2 Å². The Labute approximate surface area is 185 Å². The summed E-state index contributed by atoms with van der Waals surface area (Å²) < 4.78 is 0. The van der Waals surface area contributed by atoms with Crippen LogP contribution in [0.3, 0.4) is 0 Å². The van der Waals surface area contributed by atoms with E-state index in [0.29, 0.717) is 10.0 Å². The van der Waals surface area contributed by atoms with Gasteiger partial charge in [-0.15, -0.1) is 0 Å². The van der Waals surface area contributed by atoms with Crippen LogP contribution in [0.4, 0.5) is 0 Å². The van der Waals surface area contributed by atoms with Gasteiger partial charge in [-0.2, -0.15) is 0 Å². The molecule has 3 heteroatoms. The Balaban J connectivity index is 1.94. The summed E-state index contributed by atoms with van der Waals surface area (Å²) in [5, 5.41) is 3.47. The Kier molecular flexibility index (Phi) is 5.00. The van der Waals surface area contributed by atoms with Gasteiger partial charge in [0.25, 0.3) is 0 Å². The summed E-state index contributed by atoms with van der Waals surface area (Å²) in [6.07, 6.45) is 0. The maximum Gasteiger partial charge on any atom is 0.0794 e. The first-order chi connectivity index (χ1) is 14.7. The van der Waals surface area contributed by atoms with E-state index >= 15 is 0 Å². The average molecular weight is 426 g/mol. The molecule has 0 saturated heterocycles. The predicted octanol–water partition coefficient (Wildman–Crippen LogP) is 8.54. The normalized spacial score (nSPS) is 11.0. The van der Waals surface area contributed by atoms with Gasteiger partial charge in [-0.1, -0.05) is 102 Å². The zero-order chi connectivity index (χ0) is 20.5. The molecule has 0 spiro atoms. The Morgan fingerprint density at radius 3 is 1.80 bits per heavy atom. The van der Waals surface area contributed by atoms with Gasteiger partial charge in [-0.25, -0.2) is 4.98 Å². The van der Waals surface area contributed by atoms with E-state index in [1.54, 1.807) is 0 Å². The van der Waals surface area contributed by atoms with Gasteiger partial charge in [0.15, 0.2) is 0 Å². The molecule has 5 rings (SSSR count). The van der Waals surface area contributed by atoms with E-state index in [-0.39, 0.29) is 0 Å². The molecule has 0 amide bonds.